The van der Waals surface area contributed by atoms with Crippen LogP contribution in [-0.4, -0.2) is 15.9 Å². The molecule has 9 heteroatoms. The van der Waals surface area contributed by atoms with Gasteiger partial charge in [0.15, 0.2) is 22.7 Å². The number of aryl methyl sites for hydroxylation is 1. The Kier molecular flexibility index (Phi) is 4.85. The maximum absolute atomic E-state index is 12.6. The van der Waals surface area contributed by atoms with Crippen LogP contribution in [0.2, 0.25) is 0 Å². The SMILES string of the molecule is C=CC(=O)NCc1ccc(Oc2ccc(C(F)(F)F)cn2)c2nc(C)oc12. The van der Waals surface area contributed by atoms with Crippen molar-refractivity contribution >= 4 is 17.0 Å². The van der Waals surface area contributed by atoms with Crippen molar-refractivity contribution < 1.29 is 27.1 Å². The Morgan fingerprint density at radius 3 is 2.74 bits per heavy atom. The zero-order valence-corrected chi connectivity index (χ0v) is 14.1. The highest BCUT2D eigenvalue weighted by molar-refractivity contribution is 5.88. The smallest absolute Gasteiger partial charge is 0.417 e. The first-order chi connectivity index (χ1) is 12.8. The summed E-state index contributed by atoms with van der Waals surface area (Å²) in [5.41, 5.74) is 0.569. The Balaban J connectivity index is 1.89. The van der Waals surface area contributed by atoms with Crippen LogP contribution in [-0.2, 0) is 17.5 Å². The van der Waals surface area contributed by atoms with Gasteiger partial charge >= 0.3 is 6.18 Å². The molecule has 0 spiro atoms. The minimum Gasteiger partial charge on any atom is -0.440 e. The lowest BCUT2D eigenvalue weighted by molar-refractivity contribution is -0.137. The molecule has 0 saturated heterocycles. The molecule has 3 aromatic rings. The molecule has 1 N–H and O–H groups in total. The van der Waals surface area contributed by atoms with Gasteiger partial charge in [-0.05, 0) is 24.3 Å². The van der Waals surface area contributed by atoms with Gasteiger partial charge in [0.05, 0.1) is 5.56 Å². The van der Waals surface area contributed by atoms with Crippen LogP contribution >= 0.6 is 0 Å². The van der Waals surface area contributed by atoms with E-state index in [1.807, 2.05) is 0 Å². The fourth-order valence-electron chi connectivity index (χ4n) is 2.34. The molecule has 140 valence electrons. The van der Waals surface area contributed by atoms with Crippen LogP contribution < -0.4 is 10.1 Å². The summed E-state index contributed by atoms with van der Waals surface area (Å²) in [6, 6.07) is 5.25. The number of hydrogen-bond donors (Lipinski definition) is 1. The largest absolute Gasteiger partial charge is 0.440 e. The zero-order valence-electron chi connectivity index (χ0n) is 14.1. The number of benzene rings is 1. The standard InChI is InChI=1S/C18H14F3N3O3/c1-3-14(25)22-8-11-4-6-13(16-17(11)26-10(2)24-16)27-15-7-5-12(9-23-15)18(19,20)21/h3-7,9H,1,8H2,2H3,(H,22,25). The van der Waals surface area contributed by atoms with E-state index in [-0.39, 0.29) is 24.1 Å². The molecule has 0 aliphatic rings. The molecule has 3 rings (SSSR count). The first-order valence-electron chi connectivity index (χ1n) is 7.78. The summed E-state index contributed by atoms with van der Waals surface area (Å²) in [5, 5.41) is 2.64. The van der Waals surface area contributed by atoms with E-state index in [9.17, 15) is 18.0 Å². The van der Waals surface area contributed by atoms with Gasteiger partial charge in [0.2, 0.25) is 11.8 Å². The predicted molar refractivity (Wildman–Crippen MR) is 90.1 cm³/mol. The number of fused-ring (bicyclic) bond motifs is 1. The van der Waals surface area contributed by atoms with Gasteiger partial charge in [-0.25, -0.2) is 9.97 Å². The summed E-state index contributed by atoms with van der Waals surface area (Å²) in [4.78, 5) is 19.3. The van der Waals surface area contributed by atoms with Crippen LogP contribution in [0.4, 0.5) is 13.2 Å². The summed E-state index contributed by atoms with van der Waals surface area (Å²) in [6.45, 7) is 5.21. The van der Waals surface area contributed by atoms with Crippen LogP contribution in [0.3, 0.4) is 0 Å². The van der Waals surface area contributed by atoms with E-state index in [0.29, 0.717) is 28.8 Å². The maximum atomic E-state index is 12.6. The molecule has 0 bridgehead atoms. The molecule has 0 unspecified atom stereocenters. The molecular weight excluding hydrogens is 363 g/mol. The Hall–Kier alpha value is -3.36. The van der Waals surface area contributed by atoms with E-state index >= 15 is 0 Å². The van der Waals surface area contributed by atoms with E-state index in [1.54, 1.807) is 19.1 Å². The lowest BCUT2D eigenvalue weighted by Crippen LogP contribution is -2.19. The van der Waals surface area contributed by atoms with Crippen LogP contribution in [0.15, 0.2) is 47.5 Å². The van der Waals surface area contributed by atoms with Gasteiger partial charge in [0.1, 0.15) is 0 Å². The predicted octanol–water partition coefficient (Wildman–Crippen LogP) is 4.14. The summed E-state index contributed by atoms with van der Waals surface area (Å²) in [7, 11) is 0. The Bertz CT molecular complexity index is 995. The van der Waals surface area contributed by atoms with Crippen molar-refractivity contribution in [3.63, 3.8) is 0 Å². The van der Waals surface area contributed by atoms with Gasteiger partial charge in [-0.3, -0.25) is 4.79 Å². The van der Waals surface area contributed by atoms with Crippen LogP contribution in [0.1, 0.15) is 17.0 Å². The second-order valence-electron chi connectivity index (χ2n) is 5.54. The number of pyridine rings is 1. The third-order valence-electron chi connectivity index (χ3n) is 3.61. The number of aromatic nitrogens is 2. The van der Waals surface area contributed by atoms with E-state index in [1.165, 1.54) is 0 Å². The van der Waals surface area contributed by atoms with E-state index in [2.05, 4.69) is 21.9 Å². The van der Waals surface area contributed by atoms with Crippen molar-refractivity contribution in [3.05, 3.63) is 60.1 Å². The number of oxazole rings is 1. The quantitative estimate of drug-likeness (QED) is 0.676. The average Bonchev–Trinajstić information content (AvgIpc) is 3.02. The van der Waals surface area contributed by atoms with Crippen molar-refractivity contribution in [1.82, 2.24) is 15.3 Å². The molecule has 0 fully saturated rings. The molecule has 1 aromatic carbocycles. The molecule has 0 radical (unpaired) electrons. The van der Waals surface area contributed by atoms with Crippen molar-refractivity contribution in [3.8, 4) is 11.6 Å². The highest BCUT2D eigenvalue weighted by Gasteiger charge is 2.30. The van der Waals surface area contributed by atoms with Crippen LogP contribution in [0.5, 0.6) is 11.6 Å². The lowest BCUT2D eigenvalue weighted by atomic mass is 10.2. The van der Waals surface area contributed by atoms with E-state index in [0.717, 1.165) is 18.2 Å². The molecule has 27 heavy (non-hydrogen) atoms. The normalized spacial score (nSPS) is 11.4. The number of halogens is 3. The number of nitrogens with one attached hydrogen (secondary N) is 1. The molecule has 0 aliphatic carbocycles. The molecule has 0 atom stereocenters. The number of carbonyl (C=O) groups is 1. The molecule has 0 saturated carbocycles. The summed E-state index contributed by atoms with van der Waals surface area (Å²) in [6.07, 6.45) is -2.63. The molecule has 0 aliphatic heterocycles. The first-order valence-corrected chi connectivity index (χ1v) is 7.78. The van der Waals surface area contributed by atoms with Crippen molar-refractivity contribution in [2.45, 2.75) is 19.6 Å². The van der Waals surface area contributed by atoms with Crippen molar-refractivity contribution in [2.75, 3.05) is 0 Å². The van der Waals surface area contributed by atoms with Crippen LogP contribution in [0.25, 0.3) is 11.1 Å². The highest BCUT2D eigenvalue weighted by atomic mass is 19.4. The number of carbonyl (C=O) groups excluding carboxylic acids is 1. The summed E-state index contributed by atoms with van der Waals surface area (Å²) in [5.74, 6) is 0.289. The lowest BCUT2D eigenvalue weighted by Gasteiger charge is -2.09. The van der Waals surface area contributed by atoms with Gasteiger partial charge in [-0.1, -0.05) is 6.58 Å². The first kappa shape index (κ1) is 18.4. The number of alkyl halides is 3. The number of ether oxygens (including phenoxy) is 1. The molecule has 6 nitrogen and oxygen atoms in total. The minimum atomic E-state index is -4.47. The average molecular weight is 377 g/mol. The van der Waals surface area contributed by atoms with Gasteiger partial charge in [-0.15, -0.1) is 0 Å². The number of amides is 1. The van der Waals surface area contributed by atoms with Crippen molar-refractivity contribution in [2.24, 2.45) is 0 Å². The Morgan fingerprint density at radius 2 is 2.11 bits per heavy atom. The van der Waals surface area contributed by atoms with Crippen molar-refractivity contribution in [1.29, 1.82) is 0 Å². The molecule has 1 amide bonds. The molecule has 2 heterocycles. The number of rotatable bonds is 5. The third-order valence-corrected chi connectivity index (χ3v) is 3.61. The van der Waals surface area contributed by atoms with Gasteiger partial charge in [0, 0.05) is 31.3 Å². The second kappa shape index (κ2) is 7.10. The van der Waals surface area contributed by atoms with Crippen LogP contribution in [0, 0.1) is 6.92 Å². The Labute approximate surface area is 151 Å². The zero-order chi connectivity index (χ0) is 19.6. The minimum absolute atomic E-state index is 0.0161. The summed E-state index contributed by atoms with van der Waals surface area (Å²) >= 11 is 0. The summed E-state index contributed by atoms with van der Waals surface area (Å²) < 4.78 is 49.0. The highest BCUT2D eigenvalue weighted by Crippen LogP contribution is 2.33. The second-order valence-corrected chi connectivity index (χ2v) is 5.54. The van der Waals surface area contributed by atoms with E-state index < -0.39 is 11.7 Å². The van der Waals surface area contributed by atoms with Gasteiger partial charge < -0.3 is 14.5 Å². The topological polar surface area (TPSA) is 77.2 Å². The molecular formula is C18H14F3N3O3. The third kappa shape index (κ3) is 4.08. The fraction of sp³-hybridized carbons (Fsp3) is 0.167. The maximum Gasteiger partial charge on any atom is 0.417 e. The van der Waals surface area contributed by atoms with Gasteiger partial charge in [-0.2, -0.15) is 13.2 Å². The fourth-order valence-corrected chi connectivity index (χ4v) is 2.34. The monoisotopic (exact) mass is 377 g/mol. The number of hydrogen-bond acceptors (Lipinski definition) is 5. The van der Waals surface area contributed by atoms with E-state index in [4.69, 9.17) is 9.15 Å². The molecule has 2 aromatic heterocycles. The number of nitrogens with zero attached hydrogens (tertiary/aromatic N) is 2. The Morgan fingerprint density at radius 1 is 1.33 bits per heavy atom. The van der Waals surface area contributed by atoms with Gasteiger partial charge in [0.25, 0.3) is 0 Å².